The van der Waals surface area contributed by atoms with Crippen molar-refractivity contribution in [3.8, 4) is 0 Å². The number of benzene rings is 2. The number of hydrogen-bond acceptors (Lipinski definition) is 5. The van der Waals surface area contributed by atoms with E-state index in [1.54, 1.807) is 6.92 Å². The van der Waals surface area contributed by atoms with Crippen molar-refractivity contribution in [1.82, 2.24) is 4.90 Å². The standard InChI is InChI=1S/C33H37F9N2O4/c1-4-43(17-21-8-6-20(7-9-21)12-28(45)47-5-2)27-11-10-24(31(34,35)36)15-23(27)18-44-19(3)29(48-30(44)46)22-13-25(32(37,38)39)16-26(14-22)33(40,41)42/h10-11,13-16,19-21,29H,4-9,12,17-18H2,1-3H3/t19-,20?,21?,29-/m0/s1. The molecule has 1 saturated carbocycles. The highest BCUT2D eigenvalue weighted by Crippen LogP contribution is 2.42. The molecule has 0 N–H and O–H groups in total. The molecule has 48 heavy (non-hydrogen) atoms. The number of rotatable bonds is 10. The number of hydrogen-bond donors (Lipinski definition) is 0. The first-order valence-electron chi connectivity index (χ1n) is 15.7. The molecule has 0 radical (unpaired) electrons. The number of nitrogens with zero attached hydrogens (tertiary/aromatic N) is 2. The van der Waals surface area contributed by atoms with E-state index in [2.05, 4.69) is 0 Å². The number of esters is 1. The van der Waals surface area contributed by atoms with Gasteiger partial charge in [-0.15, -0.1) is 0 Å². The van der Waals surface area contributed by atoms with Gasteiger partial charge in [-0.3, -0.25) is 9.69 Å². The Kier molecular flexibility index (Phi) is 11.2. The third-order valence-corrected chi connectivity index (χ3v) is 9.01. The average Bonchev–Trinajstić information content (AvgIpc) is 3.28. The first kappa shape index (κ1) is 37.2. The second-order valence-electron chi connectivity index (χ2n) is 12.3. The van der Waals surface area contributed by atoms with Crippen molar-refractivity contribution in [3.05, 3.63) is 64.2 Å². The number of ether oxygens (including phenoxy) is 2. The maximum Gasteiger partial charge on any atom is 0.416 e. The van der Waals surface area contributed by atoms with Crippen molar-refractivity contribution in [3.63, 3.8) is 0 Å². The van der Waals surface area contributed by atoms with Crippen molar-refractivity contribution in [2.75, 3.05) is 24.6 Å². The summed E-state index contributed by atoms with van der Waals surface area (Å²) in [5.41, 5.74) is -4.20. The van der Waals surface area contributed by atoms with Gasteiger partial charge in [0.2, 0.25) is 0 Å². The van der Waals surface area contributed by atoms with Gasteiger partial charge in [-0.25, -0.2) is 4.79 Å². The Morgan fingerprint density at radius 3 is 1.94 bits per heavy atom. The molecule has 2 aromatic carbocycles. The normalized spacial score (nSPS) is 22.1. The lowest BCUT2D eigenvalue weighted by atomic mass is 9.80. The van der Waals surface area contributed by atoms with Gasteiger partial charge in [0.25, 0.3) is 0 Å². The molecule has 1 heterocycles. The van der Waals surface area contributed by atoms with E-state index >= 15 is 0 Å². The molecule has 0 aromatic heterocycles. The molecule has 0 bridgehead atoms. The van der Waals surface area contributed by atoms with Gasteiger partial charge in [0, 0.05) is 25.2 Å². The minimum absolute atomic E-state index is 0.0379. The third-order valence-electron chi connectivity index (χ3n) is 9.01. The maximum absolute atomic E-state index is 13.8. The van der Waals surface area contributed by atoms with E-state index in [-0.39, 0.29) is 29.4 Å². The van der Waals surface area contributed by atoms with Gasteiger partial charge in [-0.2, -0.15) is 39.5 Å². The van der Waals surface area contributed by atoms with Crippen LogP contribution < -0.4 is 4.90 Å². The van der Waals surface area contributed by atoms with Crippen LogP contribution >= 0.6 is 0 Å². The average molecular weight is 697 g/mol. The van der Waals surface area contributed by atoms with Crippen molar-refractivity contribution in [1.29, 1.82) is 0 Å². The third kappa shape index (κ3) is 8.87. The molecule has 0 spiro atoms. The number of halogens is 9. The van der Waals surface area contributed by atoms with E-state index in [1.165, 1.54) is 13.0 Å². The Morgan fingerprint density at radius 1 is 0.854 bits per heavy atom. The van der Waals surface area contributed by atoms with Crippen LogP contribution in [-0.2, 0) is 39.3 Å². The minimum Gasteiger partial charge on any atom is -0.466 e. The fraction of sp³-hybridized carbons (Fsp3) is 0.576. The molecule has 15 heteroatoms. The summed E-state index contributed by atoms with van der Waals surface area (Å²) < 4.78 is 133. The molecule has 1 aliphatic heterocycles. The zero-order chi connectivity index (χ0) is 35.6. The second kappa shape index (κ2) is 14.5. The van der Waals surface area contributed by atoms with Gasteiger partial charge in [-0.05, 0) is 106 Å². The molecule has 0 unspecified atom stereocenters. The summed E-state index contributed by atoms with van der Waals surface area (Å²) in [7, 11) is 0. The van der Waals surface area contributed by atoms with Crippen LogP contribution in [0.4, 0.5) is 50.0 Å². The Morgan fingerprint density at radius 2 is 1.42 bits per heavy atom. The number of carbonyl (C=O) groups excluding carboxylic acids is 2. The molecule has 2 aliphatic rings. The molecule has 6 nitrogen and oxygen atoms in total. The van der Waals surface area contributed by atoms with Gasteiger partial charge in [0.15, 0.2) is 0 Å². The van der Waals surface area contributed by atoms with E-state index in [0.717, 1.165) is 42.7 Å². The largest absolute Gasteiger partial charge is 0.466 e. The number of carbonyl (C=O) groups is 2. The van der Waals surface area contributed by atoms with Crippen molar-refractivity contribution < 1.29 is 58.6 Å². The predicted octanol–water partition coefficient (Wildman–Crippen LogP) is 9.41. The van der Waals surface area contributed by atoms with Crippen molar-refractivity contribution in [2.45, 2.75) is 90.1 Å². The molecule has 4 rings (SSSR count). The Balaban J connectivity index is 1.59. The minimum atomic E-state index is -5.13. The van der Waals surface area contributed by atoms with Gasteiger partial charge in [0.05, 0.1) is 35.9 Å². The van der Waals surface area contributed by atoms with E-state index in [1.807, 2.05) is 11.8 Å². The molecule has 2 atom stereocenters. The Labute approximate surface area is 272 Å². The zero-order valence-electron chi connectivity index (χ0n) is 26.6. The highest BCUT2D eigenvalue weighted by molar-refractivity contribution is 5.72. The maximum atomic E-state index is 13.8. The fourth-order valence-corrected chi connectivity index (χ4v) is 6.47. The van der Waals surface area contributed by atoms with Crippen LogP contribution in [-0.4, -0.2) is 42.7 Å². The monoisotopic (exact) mass is 696 g/mol. The molecule has 266 valence electrons. The summed E-state index contributed by atoms with van der Waals surface area (Å²) >= 11 is 0. The summed E-state index contributed by atoms with van der Waals surface area (Å²) in [6.45, 7) is 5.64. The molecule has 1 saturated heterocycles. The van der Waals surface area contributed by atoms with Crippen LogP contribution in [0.3, 0.4) is 0 Å². The van der Waals surface area contributed by atoms with Crippen LogP contribution in [0, 0.1) is 11.8 Å². The lowest BCUT2D eigenvalue weighted by Gasteiger charge is -2.35. The smallest absolute Gasteiger partial charge is 0.416 e. The van der Waals surface area contributed by atoms with E-state index in [4.69, 9.17) is 9.47 Å². The van der Waals surface area contributed by atoms with Crippen molar-refractivity contribution in [2.24, 2.45) is 11.8 Å². The topological polar surface area (TPSA) is 59.1 Å². The number of amides is 1. The zero-order valence-corrected chi connectivity index (χ0v) is 26.6. The number of anilines is 1. The SMILES string of the molecule is CCOC(=O)CC1CCC(CN(CC)c2ccc(C(F)(F)F)cc2CN2C(=O)O[C@H](c3cc(C(F)(F)F)cc(C(F)(F)F)c3)[C@@H]2C)CC1. The number of alkyl halides is 9. The molecule has 1 amide bonds. The summed E-state index contributed by atoms with van der Waals surface area (Å²) in [6.07, 6.45) is -14.2. The van der Waals surface area contributed by atoms with E-state index < -0.39 is 65.6 Å². The fourth-order valence-electron chi connectivity index (χ4n) is 6.47. The number of cyclic esters (lactones) is 1. The lowest BCUT2D eigenvalue weighted by Crippen LogP contribution is -2.35. The van der Waals surface area contributed by atoms with Crippen LogP contribution in [0.2, 0.25) is 0 Å². The van der Waals surface area contributed by atoms with E-state index in [0.29, 0.717) is 43.9 Å². The van der Waals surface area contributed by atoms with Gasteiger partial charge in [0.1, 0.15) is 6.10 Å². The summed E-state index contributed by atoms with van der Waals surface area (Å²) in [5, 5.41) is 0. The van der Waals surface area contributed by atoms with Crippen LogP contribution in [0.1, 0.15) is 86.8 Å². The Bertz CT molecular complexity index is 1420. The van der Waals surface area contributed by atoms with Crippen molar-refractivity contribution >= 4 is 17.7 Å². The molecular formula is C33H37F9N2O4. The highest BCUT2D eigenvalue weighted by atomic mass is 19.4. The molecule has 2 aromatic rings. The second-order valence-corrected chi connectivity index (χ2v) is 12.3. The van der Waals surface area contributed by atoms with Gasteiger partial charge in [-0.1, -0.05) is 0 Å². The van der Waals surface area contributed by atoms with Gasteiger partial charge < -0.3 is 14.4 Å². The Hall–Kier alpha value is -3.65. The summed E-state index contributed by atoms with van der Waals surface area (Å²) in [6, 6.07) is 2.91. The molecule has 1 aliphatic carbocycles. The van der Waals surface area contributed by atoms with E-state index in [9.17, 15) is 49.1 Å². The molecule has 2 fully saturated rings. The van der Waals surface area contributed by atoms with Crippen LogP contribution in [0.5, 0.6) is 0 Å². The summed E-state index contributed by atoms with van der Waals surface area (Å²) in [5.74, 6) is 0.0928. The lowest BCUT2D eigenvalue weighted by molar-refractivity contribution is -0.145. The quantitative estimate of drug-likeness (QED) is 0.183. The highest BCUT2D eigenvalue weighted by Gasteiger charge is 2.44. The van der Waals surface area contributed by atoms with Crippen LogP contribution in [0.15, 0.2) is 36.4 Å². The molecular weight excluding hydrogens is 659 g/mol. The van der Waals surface area contributed by atoms with Gasteiger partial charge >= 0.3 is 30.6 Å². The summed E-state index contributed by atoms with van der Waals surface area (Å²) in [4.78, 5) is 27.8. The first-order valence-corrected chi connectivity index (χ1v) is 15.7. The van der Waals surface area contributed by atoms with Crippen LogP contribution in [0.25, 0.3) is 0 Å². The predicted molar refractivity (Wildman–Crippen MR) is 157 cm³/mol. The first-order chi connectivity index (χ1) is 22.3.